The number of benzene rings is 1. The second-order valence-electron chi connectivity index (χ2n) is 9.01. The van der Waals surface area contributed by atoms with Crippen LogP contribution in [-0.4, -0.2) is 15.5 Å². The standard InChI is InChI=1S/C21H24F3N5/c22-21(23,24)15-2-1-3-16(7-15)28-18-17(25)19(27-11-26-18)29-20-8-12-4-13(9-20)6-14(5-12)10-20/h1-3,7,11-14H,4-6,8-10,25H2,(H2,26,27,28,29). The number of hydrogen-bond donors (Lipinski definition) is 3. The van der Waals surface area contributed by atoms with Crippen LogP contribution >= 0.6 is 0 Å². The fourth-order valence-electron chi connectivity index (χ4n) is 6.02. The van der Waals surface area contributed by atoms with Crippen molar-refractivity contribution in [3.05, 3.63) is 36.2 Å². The number of rotatable bonds is 4. The number of nitrogen functional groups attached to an aromatic ring is 1. The summed E-state index contributed by atoms with van der Waals surface area (Å²) in [6, 6.07) is 5.00. The SMILES string of the molecule is Nc1c(Nc2cccc(C(F)(F)F)c2)ncnc1NC12CC3CC(CC(C3)C1)C2. The molecule has 154 valence electrons. The number of aromatic nitrogens is 2. The lowest BCUT2D eigenvalue weighted by atomic mass is 9.53. The molecule has 4 fully saturated rings. The molecule has 8 heteroatoms. The molecule has 0 spiro atoms. The van der Waals surface area contributed by atoms with Crippen LogP contribution in [-0.2, 0) is 6.18 Å². The van der Waals surface area contributed by atoms with E-state index >= 15 is 0 Å². The van der Waals surface area contributed by atoms with Crippen LogP contribution in [0.4, 0.5) is 36.2 Å². The van der Waals surface area contributed by atoms with Crippen LogP contribution in [0.25, 0.3) is 0 Å². The number of nitrogens with one attached hydrogen (secondary N) is 2. The van der Waals surface area contributed by atoms with Gasteiger partial charge in [0.15, 0.2) is 11.6 Å². The molecule has 0 radical (unpaired) electrons. The lowest BCUT2D eigenvalue weighted by molar-refractivity contribution is -0.137. The number of halogens is 3. The quantitative estimate of drug-likeness (QED) is 0.654. The maximum atomic E-state index is 13.0. The number of nitrogens with two attached hydrogens (primary N) is 1. The van der Waals surface area contributed by atoms with Crippen molar-refractivity contribution in [3.8, 4) is 0 Å². The third-order valence-corrected chi connectivity index (χ3v) is 6.76. The van der Waals surface area contributed by atoms with Crippen molar-refractivity contribution in [2.24, 2.45) is 17.8 Å². The maximum Gasteiger partial charge on any atom is 0.416 e. The highest BCUT2D eigenvalue weighted by molar-refractivity contribution is 5.78. The first-order valence-electron chi connectivity index (χ1n) is 10.1. The molecule has 4 saturated carbocycles. The molecule has 0 saturated heterocycles. The van der Waals surface area contributed by atoms with Crippen LogP contribution in [0, 0.1) is 17.8 Å². The predicted octanol–water partition coefficient (Wildman–Crippen LogP) is 5.20. The van der Waals surface area contributed by atoms with Crippen LogP contribution in [0.5, 0.6) is 0 Å². The molecule has 4 N–H and O–H groups in total. The van der Waals surface area contributed by atoms with Gasteiger partial charge in [-0.1, -0.05) is 6.07 Å². The summed E-state index contributed by atoms with van der Waals surface area (Å²) in [7, 11) is 0. The van der Waals surface area contributed by atoms with E-state index in [1.54, 1.807) is 6.07 Å². The van der Waals surface area contributed by atoms with E-state index in [0.717, 1.165) is 49.1 Å². The molecule has 0 amide bonds. The maximum absolute atomic E-state index is 13.0. The van der Waals surface area contributed by atoms with Gasteiger partial charge in [0.05, 0.1) is 5.56 Å². The number of alkyl halides is 3. The molecule has 4 aliphatic rings. The van der Waals surface area contributed by atoms with Gasteiger partial charge >= 0.3 is 6.18 Å². The van der Waals surface area contributed by atoms with Crippen molar-refractivity contribution >= 4 is 23.0 Å². The Balaban J connectivity index is 1.38. The second-order valence-corrected chi connectivity index (χ2v) is 9.01. The molecule has 4 bridgehead atoms. The zero-order valence-electron chi connectivity index (χ0n) is 16.0. The summed E-state index contributed by atoms with van der Waals surface area (Å²) in [5.41, 5.74) is 6.24. The molecule has 1 heterocycles. The van der Waals surface area contributed by atoms with Gasteiger partial charge in [0.2, 0.25) is 0 Å². The minimum absolute atomic E-state index is 0.0324. The molecule has 0 atom stereocenters. The zero-order chi connectivity index (χ0) is 20.2. The average Bonchev–Trinajstić information content (AvgIpc) is 2.63. The largest absolute Gasteiger partial charge is 0.416 e. The van der Waals surface area contributed by atoms with Crippen molar-refractivity contribution in [2.45, 2.75) is 50.2 Å². The molecular weight excluding hydrogens is 379 g/mol. The summed E-state index contributed by atoms with van der Waals surface area (Å²) in [5, 5.41) is 6.54. The summed E-state index contributed by atoms with van der Waals surface area (Å²) in [5.74, 6) is 3.21. The molecule has 5 nitrogen and oxygen atoms in total. The minimum atomic E-state index is -4.40. The van der Waals surface area contributed by atoms with Crippen LogP contribution in [0.15, 0.2) is 30.6 Å². The van der Waals surface area contributed by atoms with Gasteiger partial charge in [0, 0.05) is 11.2 Å². The Kier molecular flexibility index (Phi) is 4.15. The van der Waals surface area contributed by atoms with Gasteiger partial charge in [-0.15, -0.1) is 0 Å². The van der Waals surface area contributed by atoms with E-state index in [2.05, 4.69) is 20.6 Å². The van der Waals surface area contributed by atoms with Gasteiger partial charge in [0.1, 0.15) is 12.0 Å². The summed E-state index contributed by atoms with van der Waals surface area (Å²) >= 11 is 0. The normalized spacial score (nSPS) is 30.4. The van der Waals surface area contributed by atoms with Crippen LogP contribution in [0.3, 0.4) is 0 Å². The average molecular weight is 403 g/mol. The molecular formula is C21H24F3N5. The first-order chi connectivity index (χ1) is 13.8. The smallest absolute Gasteiger partial charge is 0.393 e. The Bertz CT molecular complexity index is 891. The summed E-state index contributed by atoms with van der Waals surface area (Å²) < 4.78 is 38.9. The molecule has 0 aliphatic heterocycles. The highest BCUT2D eigenvalue weighted by Crippen LogP contribution is 2.56. The van der Waals surface area contributed by atoms with E-state index in [9.17, 15) is 13.2 Å². The second kappa shape index (κ2) is 6.50. The van der Waals surface area contributed by atoms with Crippen molar-refractivity contribution in [2.75, 3.05) is 16.4 Å². The fraction of sp³-hybridized carbons (Fsp3) is 0.524. The van der Waals surface area contributed by atoms with Crippen molar-refractivity contribution in [3.63, 3.8) is 0 Å². The molecule has 2 aromatic rings. The monoisotopic (exact) mass is 403 g/mol. The lowest BCUT2D eigenvalue weighted by Crippen LogP contribution is -2.55. The third kappa shape index (κ3) is 3.49. The Morgan fingerprint density at radius 3 is 2.21 bits per heavy atom. The van der Waals surface area contributed by atoms with E-state index in [1.165, 1.54) is 31.7 Å². The number of anilines is 4. The van der Waals surface area contributed by atoms with Crippen LogP contribution in [0.2, 0.25) is 0 Å². The van der Waals surface area contributed by atoms with Gasteiger partial charge in [-0.25, -0.2) is 9.97 Å². The first-order valence-corrected chi connectivity index (χ1v) is 10.1. The zero-order valence-corrected chi connectivity index (χ0v) is 16.0. The molecule has 4 aliphatic carbocycles. The Hall–Kier alpha value is -2.51. The highest BCUT2D eigenvalue weighted by Gasteiger charge is 2.51. The van der Waals surface area contributed by atoms with Crippen molar-refractivity contribution in [1.82, 2.24) is 9.97 Å². The Morgan fingerprint density at radius 1 is 0.966 bits per heavy atom. The van der Waals surface area contributed by atoms with Gasteiger partial charge in [0.25, 0.3) is 0 Å². The van der Waals surface area contributed by atoms with Crippen LogP contribution < -0.4 is 16.4 Å². The van der Waals surface area contributed by atoms with Gasteiger partial charge < -0.3 is 16.4 Å². The van der Waals surface area contributed by atoms with Crippen molar-refractivity contribution in [1.29, 1.82) is 0 Å². The fourth-order valence-corrected chi connectivity index (χ4v) is 6.02. The van der Waals surface area contributed by atoms with E-state index < -0.39 is 11.7 Å². The van der Waals surface area contributed by atoms with E-state index in [-0.39, 0.29) is 11.2 Å². The van der Waals surface area contributed by atoms with Gasteiger partial charge in [-0.05, 0) is 74.5 Å². The Morgan fingerprint density at radius 2 is 1.59 bits per heavy atom. The van der Waals surface area contributed by atoms with E-state index in [4.69, 9.17) is 5.73 Å². The molecule has 29 heavy (non-hydrogen) atoms. The molecule has 1 aromatic carbocycles. The van der Waals surface area contributed by atoms with Crippen LogP contribution in [0.1, 0.15) is 44.1 Å². The minimum Gasteiger partial charge on any atom is -0.393 e. The third-order valence-electron chi connectivity index (χ3n) is 6.76. The first kappa shape index (κ1) is 18.5. The summed E-state index contributed by atoms with van der Waals surface area (Å²) in [6.07, 6.45) is 4.42. The van der Waals surface area contributed by atoms with E-state index in [0.29, 0.717) is 17.3 Å². The van der Waals surface area contributed by atoms with Gasteiger partial charge in [-0.3, -0.25) is 0 Å². The van der Waals surface area contributed by atoms with E-state index in [1.807, 2.05) is 0 Å². The highest BCUT2D eigenvalue weighted by atomic mass is 19.4. The lowest BCUT2D eigenvalue weighted by Gasteiger charge is -2.57. The number of nitrogens with zero attached hydrogens (tertiary/aromatic N) is 2. The topological polar surface area (TPSA) is 75.9 Å². The Labute approximate surface area is 167 Å². The summed E-state index contributed by atoms with van der Waals surface area (Å²) in [4.78, 5) is 8.50. The molecule has 1 aromatic heterocycles. The van der Waals surface area contributed by atoms with Crippen molar-refractivity contribution < 1.29 is 13.2 Å². The van der Waals surface area contributed by atoms with Gasteiger partial charge in [-0.2, -0.15) is 13.2 Å². The molecule has 6 rings (SSSR count). The number of hydrogen-bond acceptors (Lipinski definition) is 5. The summed E-state index contributed by atoms with van der Waals surface area (Å²) in [6.45, 7) is 0. The molecule has 0 unspecified atom stereocenters. The predicted molar refractivity (Wildman–Crippen MR) is 106 cm³/mol.